The van der Waals surface area contributed by atoms with Crippen LogP contribution in [0.3, 0.4) is 0 Å². The Morgan fingerprint density at radius 2 is 1.84 bits per heavy atom. The Balaban J connectivity index is 1.22. The minimum absolute atomic E-state index is 0.0561. The van der Waals surface area contributed by atoms with Gasteiger partial charge in [-0.15, -0.1) is 0 Å². The molecule has 0 fully saturated rings. The van der Waals surface area contributed by atoms with Crippen LogP contribution in [0.4, 0.5) is 4.39 Å². The molecule has 2 heterocycles. The third kappa shape index (κ3) is 5.61. The molecule has 43 heavy (non-hydrogen) atoms. The fourth-order valence-corrected chi connectivity index (χ4v) is 6.25. The van der Waals surface area contributed by atoms with Gasteiger partial charge in [0.15, 0.2) is 0 Å². The minimum atomic E-state index is -0.429. The van der Waals surface area contributed by atoms with Crippen LogP contribution in [0.2, 0.25) is 0 Å². The van der Waals surface area contributed by atoms with Gasteiger partial charge in [-0.05, 0) is 90.4 Å². The maximum atomic E-state index is 15.4. The highest BCUT2D eigenvalue weighted by Crippen LogP contribution is 2.45. The van der Waals surface area contributed by atoms with Crippen LogP contribution in [0.1, 0.15) is 58.2 Å². The molecule has 2 atom stereocenters. The lowest BCUT2D eigenvalue weighted by molar-refractivity contribution is -0.141. The molecule has 3 aromatic carbocycles. The van der Waals surface area contributed by atoms with Gasteiger partial charge >= 0.3 is 5.97 Å². The number of halogens is 1. The summed E-state index contributed by atoms with van der Waals surface area (Å²) in [4.78, 5) is 23.7. The average Bonchev–Trinajstić information content (AvgIpc) is 3.59. The summed E-state index contributed by atoms with van der Waals surface area (Å²) in [6.45, 7) is 4.76. The van der Waals surface area contributed by atoms with E-state index in [0.29, 0.717) is 48.9 Å². The molecule has 6 rings (SSSR count). The number of benzene rings is 3. The van der Waals surface area contributed by atoms with E-state index in [4.69, 9.17) is 18.9 Å². The Hall–Kier alpha value is -4.59. The molecule has 1 unspecified atom stereocenters. The predicted octanol–water partition coefficient (Wildman–Crippen LogP) is 6.49. The number of pyridine rings is 1. The molecule has 0 radical (unpaired) electrons. The van der Waals surface area contributed by atoms with Crippen molar-refractivity contribution in [2.75, 3.05) is 13.7 Å². The number of carbonyl (C=O) groups excluding carboxylic acids is 1. The van der Waals surface area contributed by atoms with Crippen molar-refractivity contribution in [3.63, 3.8) is 0 Å². The number of rotatable bonds is 8. The third-order valence-corrected chi connectivity index (χ3v) is 8.42. The van der Waals surface area contributed by atoms with Gasteiger partial charge in [0, 0.05) is 42.4 Å². The summed E-state index contributed by atoms with van der Waals surface area (Å²) in [6.07, 6.45) is 2.90. The Kier molecular flexibility index (Phi) is 7.69. The SMILES string of the molecule is COC(=O)CC1COc2cc(O[C@@H]3CCc4c(-c5c(C)cc(OCc6ccn(C)c(=O)c6)cc5C)ccc(F)c43)ccc21. The summed E-state index contributed by atoms with van der Waals surface area (Å²) in [6, 6.07) is 16.4. The molecule has 7 nitrogen and oxygen atoms in total. The van der Waals surface area contributed by atoms with Gasteiger partial charge in [0.2, 0.25) is 0 Å². The van der Waals surface area contributed by atoms with Crippen molar-refractivity contribution in [3.8, 4) is 28.4 Å². The van der Waals surface area contributed by atoms with Gasteiger partial charge in [0.1, 0.15) is 35.8 Å². The number of nitrogens with zero attached hydrogens (tertiary/aromatic N) is 1. The van der Waals surface area contributed by atoms with Crippen LogP contribution in [-0.4, -0.2) is 24.3 Å². The fraction of sp³-hybridized carbons (Fsp3) is 0.314. The standard InChI is InChI=1S/C35H34FNO6/c1-20-13-25(41-18-22-11-12-37(3)32(38)15-22)14-21(2)34(20)27-7-9-29(36)35-28(27)8-10-30(35)43-24-5-6-26-23(16-33(39)40-4)19-42-31(26)17-24/h5-7,9,11-15,17,23,30H,8,10,16,18-19H2,1-4H3/t23?,30-/m1/s1. The molecule has 0 spiro atoms. The summed E-state index contributed by atoms with van der Waals surface area (Å²) in [5.41, 5.74) is 7.32. The summed E-state index contributed by atoms with van der Waals surface area (Å²) in [7, 11) is 3.09. The van der Waals surface area contributed by atoms with E-state index in [-0.39, 0.29) is 29.7 Å². The lowest BCUT2D eigenvalue weighted by Gasteiger charge is -2.19. The summed E-state index contributed by atoms with van der Waals surface area (Å²) in [5, 5.41) is 0. The van der Waals surface area contributed by atoms with E-state index in [1.165, 1.54) is 17.7 Å². The number of fused-ring (bicyclic) bond motifs is 2. The number of methoxy groups -OCH3 is 1. The molecule has 2 aliphatic rings. The van der Waals surface area contributed by atoms with Crippen molar-refractivity contribution < 1.29 is 28.1 Å². The highest BCUT2D eigenvalue weighted by molar-refractivity contribution is 5.76. The van der Waals surface area contributed by atoms with Crippen LogP contribution in [0.25, 0.3) is 11.1 Å². The van der Waals surface area contributed by atoms with Crippen molar-refractivity contribution in [3.05, 3.63) is 110 Å². The Morgan fingerprint density at radius 1 is 1.05 bits per heavy atom. The van der Waals surface area contributed by atoms with E-state index in [2.05, 4.69) is 0 Å². The molecule has 0 bridgehead atoms. The molecule has 1 aliphatic carbocycles. The normalized spacial score (nSPS) is 16.8. The zero-order valence-corrected chi connectivity index (χ0v) is 24.7. The third-order valence-electron chi connectivity index (χ3n) is 8.42. The van der Waals surface area contributed by atoms with Gasteiger partial charge in [-0.25, -0.2) is 4.39 Å². The van der Waals surface area contributed by atoms with E-state index in [1.807, 2.05) is 56.3 Å². The van der Waals surface area contributed by atoms with E-state index >= 15 is 4.39 Å². The van der Waals surface area contributed by atoms with Crippen LogP contribution in [-0.2, 0) is 29.6 Å². The molecular formula is C35H34FNO6. The van der Waals surface area contributed by atoms with Gasteiger partial charge in [-0.1, -0.05) is 12.1 Å². The zero-order chi connectivity index (χ0) is 30.2. The molecule has 0 N–H and O–H groups in total. The van der Waals surface area contributed by atoms with Crippen LogP contribution >= 0.6 is 0 Å². The molecule has 4 aromatic rings. The molecule has 1 aliphatic heterocycles. The number of aromatic nitrogens is 1. The van der Waals surface area contributed by atoms with Crippen molar-refractivity contribution in [2.45, 2.75) is 51.7 Å². The predicted molar refractivity (Wildman–Crippen MR) is 160 cm³/mol. The van der Waals surface area contributed by atoms with Gasteiger partial charge in [0.05, 0.1) is 20.1 Å². The van der Waals surface area contributed by atoms with Crippen molar-refractivity contribution in [2.24, 2.45) is 7.05 Å². The topological polar surface area (TPSA) is 76.0 Å². The molecule has 0 saturated carbocycles. The second kappa shape index (κ2) is 11.6. The smallest absolute Gasteiger partial charge is 0.306 e. The first-order chi connectivity index (χ1) is 20.7. The lowest BCUT2D eigenvalue weighted by atomic mass is 9.90. The summed E-state index contributed by atoms with van der Waals surface area (Å²) >= 11 is 0. The van der Waals surface area contributed by atoms with Gasteiger partial charge < -0.3 is 23.5 Å². The molecule has 8 heteroatoms. The van der Waals surface area contributed by atoms with E-state index < -0.39 is 6.10 Å². The highest BCUT2D eigenvalue weighted by atomic mass is 19.1. The zero-order valence-electron chi connectivity index (χ0n) is 24.7. The first kappa shape index (κ1) is 28.5. The lowest BCUT2D eigenvalue weighted by Crippen LogP contribution is -2.15. The van der Waals surface area contributed by atoms with Gasteiger partial charge in [-0.3, -0.25) is 9.59 Å². The van der Waals surface area contributed by atoms with Crippen LogP contribution < -0.4 is 19.8 Å². The molecule has 0 saturated heterocycles. The molecule has 1 aromatic heterocycles. The number of hydrogen-bond donors (Lipinski definition) is 0. The Bertz CT molecular complexity index is 1750. The van der Waals surface area contributed by atoms with Crippen LogP contribution in [0, 0.1) is 19.7 Å². The number of aryl methyl sites for hydroxylation is 3. The van der Waals surface area contributed by atoms with Crippen LogP contribution in [0.5, 0.6) is 17.2 Å². The van der Waals surface area contributed by atoms with E-state index in [9.17, 15) is 9.59 Å². The van der Waals surface area contributed by atoms with Crippen molar-refractivity contribution in [1.29, 1.82) is 0 Å². The first-order valence-corrected chi connectivity index (χ1v) is 14.4. The summed E-state index contributed by atoms with van der Waals surface area (Å²) < 4.78 is 39.9. The van der Waals surface area contributed by atoms with Gasteiger partial charge in [-0.2, -0.15) is 0 Å². The molecular weight excluding hydrogens is 549 g/mol. The number of ether oxygens (including phenoxy) is 4. The Labute approximate surface area is 249 Å². The second-order valence-electron chi connectivity index (χ2n) is 11.3. The van der Waals surface area contributed by atoms with E-state index in [1.54, 1.807) is 19.3 Å². The fourth-order valence-electron chi connectivity index (χ4n) is 6.25. The average molecular weight is 584 g/mol. The number of carbonyl (C=O) groups is 1. The Morgan fingerprint density at radius 3 is 2.58 bits per heavy atom. The summed E-state index contributed by atoms with van der Waals surface area (Å²) in [5.74, 6) is 1.39. The minimum Gasteiger partial charge on any atom is -0.492 e. The highest BCUT2D eigenvalue weighted by Gasteiger charge is 2.32. The van der Waals surface area contributed by atoms with Crippen LogP contribution in [0.15, 0.2) is 65.6 Å². The molecule has 0 amide bonds. The monoisotopic (exact) mass is 583 g/mol. The van der Waals surface area contributed by atoms with Gasteiger partial charge in [0.25, 0.3) is 5.56 Å². The molecule has 222 valence electrons. The van der Waals surface area contributed by atoms with E-state index in [0.717, 1.165) is 38.9 Å². The first-order valence-electron chi connectivity index (χ1n) is 14.4. The number of esters is 1. The van der Waals surface area contributed by atoms with Crippen molar-refractivity contribution >= 4 is 5.97 Å². The maximum absolute atomic E-state index is 15.4. The maximum Gasteiger partial charge on any atom is 0.306 e. The number of hydrogen-bond acceptors (Lipinski definition) is 6. The second-order valence-corrected chi connectivity index (χ2v) is 11.3. The quantitative estimate of drug-likeness (QED) is 0.221. The largest absolute Gasteiger partial charge is 0.492 e. The van der Waals surface area contributed by atoms with Crippen molar-refractivity contribution in [1.82, 2.24) is 4.57 Å².